The van der Waals surface area contributed by atoms with Crippen LogP contribution in [-0.2, 0) is 20.0 Å². The summed E-state index contributed by atoms with van der Waals surface area (Å²) < 4.78 is 15.7. The predicted molar refractivity (Wildman–Crippen MR) is 155 cm³/mol. The molecule has 4 heterocycles. The molecule has 0 N–H and O–H groups in total. The Morgan fingerprint density at radius 1 is 1.12 bits per heavy atom. The number of imidazole rings is 1. The molecule has 0 radical (unpaired) electrons. The van der Waals surface area contributed by atoms with Crippen molar-refractivity contribution in [2.45, 2.75) is 91.1 Å². The van der Waals surface area contributed by atoms with Crippen molar-refractivity contribution in [3.63, 3.8) is 0 Å². The zero-order valence-electron chi connectivity index (χ0n) is 24.8. The van der Waals surface area contributed by atoms with Crippen molar-refractivity contribution in [1.29, 1.82) is 5.26 Å². The summed E-state index contributed by atoms with van der Waals surface area (Å²) in [7, 11) is 1.73. The Morgan fingerprint density at radius 3 is 2.55 bits per heavy atom. The van der Waals surface area contributed by atoms with Crippen molar-refractivity contribution in [3.8, 4) is 17.6 Å². The second-order valence-electron chi connectivity index (χ2n) is 11.6. The minimum Gasteiger partial charge on any atom is -0.486 e. The Morgan fingerprint density at radius 2 is 1.88 bits per heavy atom. The Balaban J connectivity index is 1.50. The number of nitrogens with zero attached hydrogens (tertiary/aromatic N) is 7. The molecule has 10 heteroatoms. The number of hydrogen-bond donors (Lipinski definition) is 0. The predicted octanol–water partition coefficient (Wildman–Crippen LogP) is 4.21. The van der Waals surface area contributed by atoms with Gasteiger partial charge >= 0.3 is 5.69 Å². The lowest BCUT2D eigenvalue weighted by Gasteiger charge is -2.49. The number of benzene rings is 1. The zero-order chi connectivity index (χ0) is 28.8. The Bertz CT molecular complexity index is 1500. The quantitative estimate of drug-likeness (QED) is 0.434. The van der Waals surface area contributed by atoms with Gasteiger partial charge in [-0.15, -0.1) is 0 Å². The molecular weight excluding hydrogens is 506 g/mol. The molecule has 0 bridgehead atoms. The second kappa shape index (κ2) is 10.8. The third kappa shape index (κ3) is 4.81. The van der Waals surface area contributed by atoms with Gasteiger partial charge in [0.25, 0.3) is 0 Å². The van der Waals surface area contributed by atoms with E-state index in [0.717, 1.165) is 43.1 Å². The molecule has 3 atom stereocenters. The lowest BCUT2D eigenvalue weighted by Crippen LogP contribution is -2.59. The molecule has 2 aromatic heterocycles. The van der Waals surface area contributed by atoms with Gasteiger partial charge in [0.2, 0.25) is 0 Å². The lowest BCUT2D eigenvalue weighted by molar-refractivity contribution is 0.0209. The van der Waals surface area contributed by atoms with Gasteiger partial charge in [-0.05, 0) is 58.2 Å². The first-order chi connectivity index (χ1) is 19.1. The van der Waals surface area contributed by atoms with Crippen LogP contribution in [0.15, 0.2) is 23.0 Å². The summed E-state index contributed by atoms with van der Waals surface area (Å²) >= 11 is 0. The molecule has 0 saturated carbocycles. The molecule has 0 amide bonds. The van der Waals surface area contributed by atoms with E-state index in [1.54, 1.807) is 11.6 Å². The van der Waals surface area contributed by atoms with Gasteiger partial charge in [0.1, 0.15) is 29.2 Å². The van der Waals surface area contributed by atoms with Crippen molar-refractivity contribution in [2.75, 3.05) is 24.6 Å². The van der Waals surface area contributed by atoms with Gasteiger partial charge in [-0.2, -0.15) is 10.2 Å². The summed E-state index contributed by atoms with van der Waals surface area (Å²) in [5, 5.41) is 9.40. The van der Waals surface area contributed by atoms with Crippen LogP contribution >= 0.6 is 0 Å². The number of anilines is 1. The first kappa shape index (κ1) is 28.0. The van der Waals surface area contributed by atoms with Crippen LogP contribution in [0.4, 0.5) is 5.82 Å². The monoisotopic (exact) mass is 547 g/mol. The van der Waals surface area contributed by atoms with Crippen molar-refractivity contribution < 1.29 is 9.47 Å². The molecule has 0 aliphatic carbocycles. The molecule has 2 aliphatic heterocycles. The Labute approximate surface area is 236 Å². The molecular formula is C30H41N7O3. The molecule has 1 unspecified atom stereocenters. The van der Waals surface area contributed by atoms with E-state index in [1.807, 2.05) is 31.4 Å². The number of piperazine rings is 1. The molecule has 214 valence electrons. The molecule has 1 aromatic carbocycles. The van der Waals surface area contributed by atoms with Crippen molar-refractivity contribution in [1.82, 2.24) is 24.0 Å². The lowest BCUT2D eigenvalue weighted by atomic mass is 9.96. The van der Waals surface area contributed by atoms with E-state index in [4.69, 9.17) is 14.5 Å². The van der Waals surface area contributed by atoms with Gasteiger partial charge in [-0.1, -0.05) is 19.9 Å². The zero-order valence-corrected chi connectivity index (χ0v) is 24.8. The molecule has 10 nitrogen and oxygen atoms in total. The van der Waals surface area contributed by atoms with Gasteiger partial charge in [0, 0.05) is 44.8 Å². The number of fused-ring (bicyclic) bond motifs is 2. The highest BCUT2D eigenvalue weighted by Crippen LogP contribution is 2.39. The second-order valence-corrected chi connectivity index (χ2v) is 11.6. The van der Waals surface area contributed by atoms with Crippen molar-refractivity contribution in [2.24, 2.45) is 7.05 Å². The third-order valence-electron chi connectivity index (χ3n) is 8.45. The van der Waals surface area contributed by atoms with Crippen molar-refractivity contribution in [3.05, 3.63) is 40.1 Å². The highest BCUT2D eigenvalue weighted by Gasteiger charge is 2.38. The number of ether oxygens (including phenoxy) is 2. The fourth-order valence-electron chi connectivity index (χ4n) is 6.20. The van der Waals surface area contributed by atoms with E-state index < -0.39 is 0 Å². The van der Waals surface area contributed by atoms with Crippen LogP contribution in [0.25, 0.3) is 11.2 Å². The van der Waals surface area contributed by atoms with E-state index in [0.29, 0.717) is 30.3 Å². The standard InChI is InChI=1S/C30H41N7O3/c1-8-21-17-37(27-26-28(34(7)29(38)33-27)35(10-3)25(32-26)13-14-31)22(9-2)16-36(21)19(4)20-11-12-23-24(15-20)40-30(5,6)18-39-23/h11-12,15,19,21-22H,8-10,13,16-18H2,1-7H3/t19?,21-,22+/m1/s1. The van der Waals surface area contributed by atoms with E-state index in [2.05, 4.69) is 53.8 Å². The van der Waals surface area contributed by atoms with Gasteiger partial charge < -0.3 is 18.9 Å². The maximum Gasteiger partial charge on any atom is 0.350 e. The maximum absolute atomic E-state index is 13.1. The first-order valence-corrected chi connectivity index (χ1v) is 14.4. The SMILES string of the molecule is CC[C@H]1CN(C(C)c2ccc3c(c2)OC(C)(C)CO3)[C@H](CC)CN1c1nc(=O)n(C)c2c1nc(CC#N)n2CC. The van der Waals surface area contributed by atoms with Crippen LogP contribution in [0, 0.1) is 11.3 Å². The van der Waals surface area contributed by atoms with Gasteiger partial charge in [-0.25, -0.2) is 9.78 Å². The molecule has 2 aliphatic rings. The number of aryl methyl sites for hydroxylation is 2. The maximum atomic E-state index is 13.1. The largest absolute Gasteiger partial charge is 0.486 e. The van der Waals surface area contributed by atoms with E-state index >= 15 is 0 Å². The third-order valence-corrected chi connectivity index (χ3v) is 8.45. The topological polar surface area (TPSA) is 101 Å². The van der Waals surface area contributed by atoms with E-state index in [-0.39, 0.29) is 35.8 Å². The number of aromatic nitrogens is 4. The summed E-state index contributed by atoms with van der Waals surface area (Å²) in [6.45, 7) is 15.5. The summed E-state index contributed by atoms with van der Waals surface area (Å²) in [4.78, 5) is 27.4. The number of rotatable bonds is 7. The van der Waals surface area contributed by atoms with Crippen molar-refractivity contribution >= 4 is 17.0 Å². The number of nitriles is 1. The fourth-order valence-corrected chi connectivity index (χ4v) is 6.20. The molecule has 0 spiro atoms. The molecule has 1 saturated heterocycles. The average molecular weight is 548 g/mol. The molecule has 3 aromatic rings. The van der Waals surface area contributed by atoms with Crippen LogP contribution in [0.1, 0.15) is 71.8 Å². The van der Waals surface area contributed by atoms with Crippen LogP contribution in [-0.4, -0.2) is 61.4 Å². The Kier molecular flexibility index (Phi) is 7.53. The van der Waals surface area contributed by atoms with Gasteiger partial charge in [-0.3, -0.25) is 9.47 Å². The highest BCUT2D eigenvalue weighted by molar-refractivity contribution is 5.85. The van der Waals surface area contributed by atoms with Crippen LogP contribution in [0.2, 0.25) is 0 Å². The summed E-state index contributed by atoms with van der Waals surface area (Å²) in [5.74, 6) is 2.88. The summed E-state index contributed by atoms with van der Waals surface area (Å²) in [6.07, 6.45) is 2.03. The molecule has 1 fully saturated rings. The van der Waals surface area contributed by atoms with E-state index in [9.17, 15) is 10.1 Å². The highest BCUT2D eigenvalue weighted by atomic mass is 16.6. The minimum atomic E-state index is -0.358. The van der Waals surface area contributed by atoms with Crippen LogP contribution < -0.4 is 20.1 Å². The summed E-state index contributed by atoms with van der Waals surface area (Å²) in [6, 6.07) is 9.07. The normalized spacial score (nSPS) is 21.4. The smallest absolute Gasteiger partial charge is 0.350 e. The fraction of sp³-hybridized carbons (Fsp3) is 0.600. The first-order valence-electron chi connectivity index (χ1n) is 14.4. The van der Waals surface area contributed by atoms with E-state index in [1.165, 1.54) is 5.56 Å². The Hall–Kier alpha value is -3.58. The molecule has 40 heavy (non-hydrogen) atoms. The summed E-state index contributed by atoms with van der Waals surface area (Å²) in [5.41, 5.74) is 1.94. The number of hydrogen-bond acceptors (Lipinski definition) is 8. The molecule has 5 rings (SSSR count). The van der Waals surface area contributed by atoms with Crippen LogP contribution in [0.5, 0.6) is 11.5 Å². The minimum absolute atomic E-state index is 0.149. The van der Waals surface area contributed by atoms with Gasteiger partial charge in [0.15, 0.2) is 17.3 Å². The van der Waals surface area contributed by atoms with Crippen LogP contribution in [0.3, 0.4) is 0 Å². The average Bonchev–Trinajstić information content (AvgIpc) is 3.31. The van der Waals surface area contributed by atoms with Gasteiger partial charge in [0.05, 0.1) is 12.5 Å².